The zero-order valence-corrected chi connectivity index (χ0v) is 15.4. The minimum absolute atomic E-state index is 0.0271. The number of carboxylic acid groups (broad SMARTS) is 1. The van der Waals surface area contributed by atoms with Gasteiger partial charge in [-0.25, -0.2) is 4.79 Å². The molecule has 0 spiro atoms. The Kier molecular flexibility index (Phi) is 4.85. The third-order valence-electron chi connectivity index (χ3n) is 3.80. The van der Waals surface area contributed by atoms with Crippen molar-refractivity contribution < 1.29 is 19.4 Å². The van der Waals surface area contributed by atoms with Crippen molar-refractivity contribution in [2.24, 2.45) is 5.10 Å². The van der Waals surface area contributed by atoms with E-state index in [-0.39, 0.29) is 23.6 Å². The van der Waals surface area contributed by atoms with Crippen LogP contribution in [0.3, 0.4) is 0 Å². The number of rotatable bonds is 4. The largest absolute Gasteiger partial charge is 0.482 e. The summed E-state index contributed by atoms with van der Waals surface area (Å²) in [7, 11) is 0. The van der Waals surface area contributed by atoms with Gasteiger partial charge >= 0.3 is 5.97 Å². The highest BCUT2D eigenvalue weighted by Gasteiger charge is 2.21. The van der Waals surface area contributed by atoms with Crippen molar-refractivity contribution in [1.29, 1.82) is 0 Å². The number of fused-ring (bicyclic) bond motifs is 1. The van der Waals surface area contributed by atoms with Crippen molar-refractivity contribution in [3.8, 4) is 5.75 Å². The van der Waals surface area contributed by atoms with Gasteiger partial charge in [0.05, 0.1) is 17.0 Å². The average molecular weight is 367 g/mol. The molecule has 7 heteroatoms. The number of carbonyl (C=O) groups excluding carboxylic acids is 1. The van der Waals surface area contributed by atoms with Gasteiger partial charge in [-0.1, -0.05) is 18.2 Å². The molecule has 1 amide bonds. The molecule has 2 aromatic rings. The lowest BCUT2D eigenvalue weighted by Crippen LogP contribution is -2.33. The first-order chi connectivity index (χ1) is 12.7. The molecule has 1 aliphatic heterocycles. The van der Waals surface area contributed by atoms with Crippen molar-refractivity contribution in [2.45, 2.75) is 26.3 Å². The van der Waals surface area contributed by atoms with E-state index in [1.807, 2.05) is 20.8 Å². The van der Waals surface area contributed by atoms with Crippen molar-refractivity contribution in [3.05, 3.63) is 59.2 Å². The number of ether oxygens (including phenoxy) is 1. The Labute approximate surface area is 157 Å². The molecule has 0 radical (unpaired) electrons. The quantitative estimate of drug-likeness (QED) is 0.570. The maximum atomic E-state index is 11.7. The monoisotopic (exact) mass is 367 g/mol. The molecule has 7 nitrogen and oxygen atoms in total. The summed E-state index contributed by atoms with van der Waals surface area (Å²) in [4.78, 5) is 23.3. The molecule has 27 heavy (non-hydrogen) atoms. The third-order valence-corrected chi connectivity index (χ3v) is 3.80. The lowest BCUT2D eigenvalue weighted by atomic mass is 9.97. The van der Waals surface area contributed by atoms with E-state index in [0.29, 0.717) is 28.3 Å². The molecule has 1 heterocycles. The number of nitrogens with zero attached hydrogens (tertiary/aromatic N) is 1. The van der Waals surface area contributed by atoms with Gasteiger partial charge in [-0.2, -0.15) is 5.10 Å². The Morgan fingerprint density at radius 2 is 1.89 bits per heavy atom. The first kappa shape index (κ1) is 18.4. The van der Waals surface area contributed by atoms with Crippen LogP contribution in [-0.2, 0) is 4.79 Å². The molecule has 0 bridgehead atoms. The summed E-state index contributed by atoms with van der Waals surface area (Å²) >= 11 is 0. The fourth-order valence-corrected chi connectivity index (χ4v) is 2.61. The molecule has 0 saturated heterocycles. The van der Waals surface area contributed by atoms with Crippen LogP contribution in [0, 0.1) is 0 Å². The number of nitrogens with one attached hydrogen (secondary N) is 2. The van der Waals surface area contributed by atoms with Gasteiger partial charge in [-0.15, -0.1) is 0 Å². The van der Waals surface area contributed by atoms with E-state index in [1.165, 1.54) is 6.07 Å². The van der Waals surface area contributed by atoms with E-state index in [0.717, 1.165) is 0 Å². The Morgan fingerprint density at radius 1 is 1.19 bits per heavy atom. The number of hydrogen-bond acceptors (Lipinski definition) is 5. The second kappa shape index (κ2) is 7.11. The number of hydrogen-bond donors (Lipinski definition) is 3. The minimum atomic E-state index is -1.04. The SMILES string of the molecule is CC(C)(C)N/N=C(\c1ccc2c(c1)NC(=O)CO2)c1ccccc1C(=O)O. The van der Waals surface area contributed by atoms with E-state index in [1.54, 1.807) is 36.4 Å². The number of carboxylic acids is 1. The molecular formula is C20H21N3O4. The Hall–Kier alpha value is -3.35. The maximum absolute atomic E-state index is 11.7. The number of anilines is 1. The van der Waals surface area contributed by atoms with Gasteiger partial charge in [0, 0.05) is 16.7 Å². The van der Waals surface area contributed by atoms with E-state index in [4.69, 9.17) is 4.74 Å². The molecule has 0 fully saturated rings. The highest BCUT2D eigenvalue weighted by molar-refractivity contribution is 6.18. The first-order valence-corrected chi connectivity index (χ1v) is 8.49. The van der Waals surface area contributed by atoms with Crippen LogP contribution in [-0.4, -0.2) is 34.8 Å². The number of aromatic carboxylic acids is 1. The molecule has 1 aliphatic rings. The second-order valence-corrected chi connectivity index (χ2v) is 7.22. The summed E-state index contributed by atoms with van der Waals surface area (Å²) in [5, 5.41) is 16.8. The van der Waals surface area contributed by atoms with Crippen LogP contribution in [0.25, 0.3) is 0 Å². The third kappa shape index (κ3) is 4.25. The van der Waals surface area contributed by atoms with Gasteiger partial charge in [0.1, 0.15) is 5.75 Å². The minimum Gasteiger partial charge on any atom is -0.482 e. The number of benzene rings is 2. The lowest BCUT2D eigenvalue weighted by molar-refractivity contribution is -0.118. The normalized spacial score (nSPS) is 14.0. The second-order valence-electron chi connectivity index (χ2n) is 7.22. The number of carbonyl (C=O) groups is 2. The first-order valence-electron chi connectivity index (χ1n) is 8.49. The molecule has 0 atom stereocenters. The molecule has 3 N–H and O–H groups in total. The fraction of sp³-hybridized carbons (Fsp3) is 0.250. The highest BCUT2D eigenvalue weighted by Crippen LogP contribution is 2.30. The van der Waals surface area contributed by atoms with Gasteiger partial charge in [0.25, 0.3) is 5.91 Å². The summed E-state index contributed by atoms with van der Waals surface area (Å²) < 4.78 is 5.39. The molecule has 140 valence electrons. The molecule has 0 aliphatic carbocycles. The summed E-state index contributed by atoms with van der Waals surface area (Å²) in [6.07, 6.45) is 0. The zero-order chi connectivity index (χ0) is 19.6. The lowest BCUT2D eigenvalue weighted by Gasteiger charge is -2.21. The van der Waals surface area contributed by atoms with Crippen LogP contribution in [0.2, 0.25) is 0 Å². The van der Waals surface area contributed by atoms with Crippen LogP contribution >= 0.6 is 0 Å². The Morgan fingerprint density at radius 3 is 2.56 bits per heavy atom. The van der Waals surface area contributed by atoms with Crippen LogP contribution in [0.4, 0.5) is 5.69 Å². The summed E-state index contributed by atoms with van der Waals surface area (Å²) in [6, 6.07) is 11.9. The molecule has 0 unspecified atom stereocenters. The molecule has 0 saturated carbocycles. The van der Waals surface area contributed by atoms with Crippen LogP contribution in [0.5, 0.6) is 5.75 Å². The highest BCUT2D eigenvalue weighted by atomic mass is 16.5. The van der Waals surface area contributed by atoms with Gasteiger partial charge < -0.3 is 20.6 Å². The van der Waals surface area contributed by atoms with E-state index < -0.39 is 5.97 Å². The molecular weight excluding hydrogens is 346 g/mol. The predicted octanol–water partition coefficient (Wildman–Crippen LogP) is 2.86. The van der Waals surface area contributed by atoms with Gasteiger partial charge in [0.15, 0.2) is 6.61 Å². The Bertz CT molecular complexity index is 929. The maximum Gasteiger partial charge on any atom is 0.336 e. The standard InChI is InChI=1S/C20H21N3O4/c1-20(2,3)23-22-18(13-6-4-5-7-14(13)19(25)26)12-8-9-16-15(10-12)21-17(24)11-27-16/h4-10,23H,11H2,1-3H3,(H,21,24)(H,25,26)/b22-18+. The topological polar surface area (TPSA) is 100 Å². The zero-order valence-electron chi connectivity index (χ0n) is 15.4. The van der Waals surface area contributed by atoms with Gasteiger partial charge in [-0.3, -0.25) is 4.79 Å². The predicted molar refractivity (Wildman–Crippen MR) is 102 cm³/mol. The van der Waals surface area contributed by atoms with E-state index >= 15 is 0 Å². The fourth-order valence-electron chi connectivity index (χ4n) is 2.61. The Balaban J connectivity index is 2.13. The van der Waals surface area contributed by atoms with Crippen molar-refractivity contribution >= 4 is 23.3 Å². The number of amides is 1. The smallest absolute Gasteiger partial charge is 0.336 e. The summed E-state index contributed by atoms with van der Waals surface area (Å²) in [5.41, 5.74) is 5.01. The number of hydrazone groups is 1. The van der Waals surface area contributed by atoms with Crippen LogP contribution < -0.4 is 15.5 Å². The van der Waals surface area contributed by atoms with E-state index in [9.17, 15) is 14.7 Å². The molecule has 2 aromatic carbocycles. The van der Waals surface area contributed by atoms with Crippen molar-refractivity contribution in [3.63, 3.8) is 0 Å². The molecule has 3 rings (SSSR count). The molecule has 0 aromatic heterocycles. The summed E-state index contributed by atoms with van der Waals surface area (Å²) in [6.45, 7) is 5.84. The van der Waals surface area contributed by atoms with Crippen LogP contribution in [0.15, 0.2) is 47.6 Å². The van der Waals surface area contributed by atoms with Crippen molar-refractivity contribution in [1.82, 2.24) is 5.43 Å². The van der Waals surface area contributed by atoms with Crippen LogP contribution in [0.1, 0.15) is 42.3 Å². The van der Waals surface area contributed by atoms with Gasteiger partial charge in [0.2, 0.25) is 0 Å². The average Bonchev–Trinajstić information content (AvgIpc) is 2.61. The van der Waals surface area contributed by atoms with Crippen molar-refractivity contribution in [2.75, 3.05) is 11.9 Å². The van der Waals surface area contributed by atoms with Gasteiger partial charge in [-0.05, 0) is 45.0 Å². The summed E-state index contributed by atoms with van der Waals surface area (Å²) in [5.74, 6) is -0.714. The van der Waals surface area contributed by atoms with E-state index in [2.05, 4.69) is 15.8 Å².